The molecule has 0 spiro atoms. The van der Waals surface area contributed by atoms with E-state index >= 15 is 0 Å². The van der Waals surface area contributed by atoms with Crippen molar-refractivity contribution < 1.29 is 20.1 Å². The number of nitrogens with one attached hydrogen (secondary N) is 1. The van der Waals surface area contributed by atoms with Crippen LogP contribution in [-0.2, 0) is 17.6 Å². The Kier molecular flexibility index (Phi) is 8.78. The van der Waals surface area contributed by atoms with Crippen molar-refractivity contribution in [1.82, 2.24) is 5.32 Å². The number of β-amino-alcohol motifs (C(OH)–C–C–N with tert-alkyl or cyclic N) is 1. The summed E-state index contributed by atoms with van der Waals surface area (Å²) in [5.41, 5.74) is 8.84. The number of benzene rings is 3. The normalized spacial score (nSPS) is 13.4. The van der Waals surface area contributed by atoms with Gasteiger partial charge in [0, 0.05) is 23.2 Å². The Hall–Kier alpha value is -3.06. The van der Waals surface area contributed by atoms with Crippen LogP contribution in [0.5, 0.6) is 11.5 Å². The number of aryl methyl sites for hydroxylation is 1. The summed E-state index contributed by atoms with van der Waals surface area (Å²) in [5, 5.41) is 33.9. The molecule has 0 aromatic heterocycles. The van der Waals surface area contributed by atoms with Gasteiger partial charge in [0.2, 0.25) is 5.91 Å². The van der Waals surface area contributed by atoms with E-state index in [4.69, 9.17) is 17.3 Å². The SMILES string of the molecule is CC(C)(Cc1cccc(C(CCc2ccc(Cl)cc2)C(N)=O)c1)NCC(O)c1cc(O)cc(O)c1. The fraction of sp³-hybridized carbons (Fsp3) is 0.321. The number of phenolic OH excluding ortho intramolecular Hbond substituents is 2. The minimum Gasteiger partial charge on any atom is -0.508 e. The molecular formula is C28H33ClN2O4. The van der Waals surface area contributed by atoms with E-state index in [1.807, 2.05) is 62.4 Å². The quantitative estimate of drug-likeness (QED) is 0.266. The third kappa shape index (κ3) is 7.99. The molecule has 0 radical (unpaired) electrons. The van der Waals surface area contributed by atoms with Gasteiger partial charge >= 0.3 is 0 Å². The monoisotopic (exact) mass is 496 g/mol. The molecule has 3 aromatic carbocycles. The smallest absolute Gasteiger partial charge is 0.224 e. The summed E-state index contributed by atoms with van der Waals surface area (Å²) in [5.74, 6) is -0.960. The van der Waals surface area contributed by atoms with Crippen molar-refractivity contribution in [1.29, 1.82) is 0 Å². The van der Waals surface area contributed by atoms with Gasteiger partial charge in [-0.2, -0.15) is 0 Å². The van der Waals surface area contributed by atoms with Crippen molar-refractivity contribution in [2.75, 3.05) is 6.54 Å². The Morgan fingerprint density at radius 3 is 2.26 bits per heavy atom. The van der Waals surface area contributed by atoms with E-state index in [0.717, 1.165) is 16.7 Å². The van der Waals surface area contributed by atoms with Crippen LogP contribution in [0.1, 0.15) is 54.5 Å². The Balaban J connectivity index is 1.64. The maximum absolute atomic E-state index is 12.3. The average molecular weight is 497 g/mol. The summed E-state index contributed by atoms with van der Waals surface area (Å²) in [7, 11) is 0. The molecule has 7 heteroatoms. The summed E-state index contributed by atoms with van der Waals surface area (Å²) >= 11 is 5.96. The molecule has 6 nitrogen and oxygen atoms in total. The summed E-state index contributed by atoms with van der Waals surface area (Å²) < 4.78 is 0. The molecule has 0 heterocycles. The Labute approximate surface area is 211 Å². The number of hydrogen-bond donors (Lipinski definition) is 5. The lowest BCUT2D eigenvalue weighted by Crippen LogP contribution is -2.43. The topological polar surface area (TPSA) is 116 Å². The second-order valence-electron chi connectivity index (χ2n) is 9.61. The lowest BCUT2D eigenvalue weighted by atomic mass is 9.88. The van der Waals surface area contributed by atoms with E-state index in [9.17, 15) is 20.1 Å². The molecule has 0 fully saturated rings. The third-order valence-corrected chi connectivity index (χ3v) is 6.31. The largest absolute Gasteiger partial charge is 0.508 e. The number of primary amides is 1. The standard InChI is InChI=1S/C28H33ClN2O4/c1-28(2,31-17-26(34)21-13-23(32)15-24(33)14-21)16-19-4-3-5-20(12-19)25(27(30)35)11-8-18-6-9-22(29)10-7-18/h3-7,9-10,12-15,25-26,31-34H,8,11,16-17H2,1-2H3,(H2,30,35). The molecule has 35 heavy (non-hydrogen) atoms. The summed E-state index contributed by atoms with van der Waals surface area (Å²) in [6.45, 7) is 4.29. The van der Waals surface area contributed by atoms with Gasteiger partial charge in [-0.1, -0.05) is 48.0 Å². The van der Waals surface area contributed by atoms with Gasteiger partial charge in [-0.25, -0.2) is 0 Å². The van der Waals surface area contributed by atoms with Gasteiger partial charge in [0.1, 0.15) is 11.5 Å². The highest BCUT2D eigenvalue weighted by atomic mass is 35.5. The number of aliphatic hydroxyl groups excluding tert-OH is 1. The number of aromatic hydroxyl groups is 2. The van der Waals surface area contributed by atoms with Gasteiger partial charge in [0.15, 0.2) is 0 Å². The highest BCUT2D eigenvalue weighted by molar-refractivity contribution is 6.30. The molecule has 1 amide bonds. The number of aliphatic hydroxyl groups is 1. The first-order valence-electron chi connectivity index (χ1n) is 11.6. The molecule has 0 aliphatic carbocycles. The Bertz CT molecular complexity index is 1130. The van der Waals surface area contributed by atoms with Gasteiger partial charge in [-0.15, -0.1) is 0 Å². The van der Waals surface area contributed by atoms with Crippen molar-refractivity contribution in [3.63, 3.8) is 0 Å². The van der Waals surface area contributed by atoms with Crippen LogP contribution in [0.4, 0.5) is 0 Å². The fourth-order valence-corrected chi connectivity index (χ4v) is 4.36. The average Bonchev–Trinajstić information content (AvgIpc) is 2.78. The van der Waals surface area contributed by atoms with Crippen LogP contribution in [0.2, 0.25) is 5.02 Å². The molecule has 0 saturated carbocycles. The third-order valence-electron chi connectivity index (χ3n) is 6.06. The van der Waals surface area contributed by atoms with E-state index in [2.05, 4.69) is 5.32 Å². The molecule has 2 unspecified atom stereocenters. The Morgan fingerprint density at radius 1 is 0.971 bits per heavy atom. The number of halogens is 1. The second kappa shape index (κ2) is 11.6. The molecule has 0 aliphatic rings. The molecule has 2 atom stereocenters. The van der Waals surface area contributed by atoms with Gasteiger partial charge in [0.25, 0.3) is 0 Å². The first kappa shape index (κ1) is 26.5. The van der Waals surface area contributed by atoms with Gasteiger partial charge in [0.05, 0.1) is 12.0 Å². The van der Waals surface area contributed by atoms with Crippen LogP contribution >= 0.6 is 11.6 Å². The molecule has 186 valence electrons. The first-order valence-corrected chi connectivity index (χ1v) is 12.0. The number of rotatable bonds is 11. The molecule has 0 saturated heterocycles. The summed E-state index contributed by atoms with van der Waals surface area (Å²) in [6.07, 6.45) is 1.07. The maximum atomic E-state index is 12.3. The molecule has 0 aliphatic heterocycles. The number of carbonyl (C=O) groups is 1. The molecular weight excluding hydrogens is 464 g/mol. The molecule has 0 bridgehead atoms. The molecule has 6 N–H and O–H groups in total. The first-order chi connectivity index (χ1) is 16.5. The lowest BCUT2D eigenvalue weighted by molar-refractivity contribution is -0.119. The van der Waals surface area contributed by atoms with Crippen molar-refractivity contribution in [2.45, 2.75) is 50.7 Å². The van der Waals surface area contributed by atoms with Crippen LogP contribution in [0.15, 0.2) is 66.7 Å². The predicted molar refractivity (Wildman–Crippen MR) is 139 cm³/mol. The van der Waals surface area contributed by atoms with Gasteiger partial charge < -0.3 is 26.4 Å². The van der Waals surface area contributed by atoms with Crippen LogP contribution < -0.4 is 11.1 Å². The number of amides is 1. The maximum Gasteiger partial charge on any atom is 0.224 e. The van der Waals surface area contributed by atoms with E-state index in [-0.39, 0.29) is 29.5 Å². The van der Waals surface area contributed by atoms with Crippen LogP contribution in [0, 0.1) is 0 Å². The van der Waals surface area contributed by atoms with E-state index in [1.165, 1.54) is 18.2 Å². The van der Waals surface area contributed by atoms with Crippen molar-refractivity contribution in [3.05, 3.63) is 94.0 Å². The summed E-state index contributed by atoms with van der Waals surface area (Å²) in [6, 6.07) is 19.6. The summed E-state index contributed by atoms with van der Waals surface area (Å²) in [4.78, 5) is 12.3. The van der Waals surface area contributed by atoms with E-state index in [1.54, 1.807) is 0 Å². The van der Waals surface area contributed by atoms with Crippen LogP contribution in [0.3, 0.4) is 0 Å². The zero-order valence-corrected chi connectivity index (χ0v) is 20.8. The van der Waals surface area contributed by atoms with E-state index < -0.39 is 12.0 Å². The molecule has 3 aromatic rings. The number of carbonyl (C=O) groups excluding carboxylic acids is 1. The van der Waals surface area contributed by atoms with Gasteiger partial charge in [-0.05, 0) is 79.6 Å². The van der Waals surface area contributed by atoms with Crippen LogP contribution in [0.25, 0.3) is 0 Å². The van der Waals surface area contributed by atoms with Gasteiger partial charge in [-0.3, -0.25) is 4.79 Å². The van der Waals surface area contributed by atoms with Crippen molar-refractivity contribution in [2.24, 2.45) is 5.73 Å². The lowest BCUT2D eigenvalue weighted by Gasteiger charge is -2.28. The highest BCUT2D eigenvalue weighted by Crippen LogP contribution is 2.27. The zero-order valence-electron chi connectivity index (χ0n) is 20.0. The van der Waals surface area contributed by atoms with Crippen molar-refractivity contribution >= 4 is 17.5 Å². The minimum absolute atomic E-state index is 0.102. The fourth-order valence-electron chi connectivity index (χ4n) is 4.23. The number of hydrogen-bond acceptors (Lipinski definition) is 5. The van der Waals surface area contributed by atoms with Crippen LogP contribution in [-0.4, -0.2) is 33.3 Å². The Morgan fingerprint density at radius 2 is 1.63 bits per heavy atom. The number of nitrogens with two attached hydrogens (primary N) is 1. The number of phenols is 2. The van der Waals surface area contributed by atoms with E-state index in [0.29, 0.717) is 29.8 Å². The minimum atomic E-state index is -0.897. The highest BCUT2D eigenvalue weighted by Gasteiger charge is 2.22. The van der Waals surface area contributed by atoms with Crippen molar-refractivity contribution in [3.8, 4) is 11.5 Å². The molecule has 3 rings (SSSR count). The zero-order chi connectivity index (χ0) is 25.6. The predicted octanol–water partition coefficient (Wildman–Crippen LogP) is 4.60. The second-order valence-corrected chi connectivity index (χ2v) is 10.0.